The van der Waals surface area contributed by atoms with Gasteiger partial charge < -0.3 is 24.1 Å². The Hall–Kier alpha value is -2.88. The van der Waals surface area contributed by atoms with Gasteiger partial charge in [0.1, 0.15) is 5.75 Å². The Bertz CT molecular complexity index is 1350. The van der Waals surface area contributed by atoms with E-state index in [2.05, 4.69) is 82.9 Å². The average molecular weight is 638 g/mol. The maximum absolute atomic E-state index is 13.5. The Labute approximate surface area is 271 Å². The molecule has 0 radical (unpaired) electrons. The number of hydrogen-bond donors (Lipinski definition) is 1. The maximum Gasteiger partial charge on any atom is 0.407 e. The molecule has 1 saturated carbocycles. The Balaban J connectivity index is 1.29. The van der Waals surface area contributed by atoms with Crippen molar-refractivity contribution in [3.63, 3.8) is 0 Å². The van der Waals surface area contributed by atoms with Crippen molar-refractivity contribution in [1.29, 1.82) is 0 Å². The van der Waals surface area contributed by atoms with Crippen molar-refractivity contribution in [2.75, 3.05) is 31.6 Å². The van der Waals surface area contributed by atoms with Crippen molar-refractivity contribution in [2.24, 2.45) is 5.92 Å². The average Bonchev–Trinajstić information content (AvgIpc) is 2.97. The van der Waals surface area contributed by atoms with Crippen molar-refractivity contribution in [1.82, 2.24) is 9.80 Å². The van der Waals surface area contributed by atoms with Crippen molar-refractivity contribution >= 4 is 26.0 Å². The van der Waals surface area contributed by atoms with Crippen LogP contribution >= 0.6 is 0 Å². The third kappa shape index (κ3) is 8.68. The molecule has 2 aromatic rings. The van der Waals surface area contributed by atoms with Crippen LogP contribution in [0, 0.1) is 19.8 Å². The number of carbonyl (C=O) groups is 2. The van der Waals surface area contributed by atoms with Gasteiger partial charge in [-0.05, 0) is 105 Å². The summed E-state index contributed by atoms with van der Waals surface area (Å²) in [6.45, 7) is 20.8. The second-order valence-electron chi connectivity index (χ2n) is 14.8. The molecule has 2 aromatic carbocycles. The molecule has 2 aliphatic rings. The molecular formula is C36H55N3O5Si. The van der Waals surface area contributed by atoms with E-state index in [0.29, 0.717) is 13.2 Å². The molecule has 0 aromatic heterocycles. The van der Waals surface area contributed by atoms with E-state index in [0.717, 1.165) is 73.4 Å². The molecule has 1 heterocycles. The van der Waals surface area contributed by atoms with Gasteiger partial charge in [0.15, 0.2) is 8.32 Å². The summed E-state index contributed by atoms with van der Waals surface area (Å²) in [4.78, 5) is 30.6. The molecule has 0 unspecified atom stereocenters. The van der Waals surface area contributed by atoms with Crippen molar-refractivity contribution in [3.8, 4) is 5.75 Å². The van der Waals surface area contributed by atoms with Crippen LogP contribution in [0.15, 0.2) is 36.4 Å². The third-order valence-electron chi connectivity index (χ3n) is 10.4. The molecule has 1 N–H and O–H groups in total. The van der Waals surface area contributed by atoms with Gasteiger partial charge in [-0.2, -0.15) is 0 Å². The summed E-state index contributed by atoms with van der Waals surface area (Å²) in [5, 5.41) is 9.54. The van der Waals surface area contributed by atoms with Crippen LogP contribution in [-0.4, -0.2) is 74.1 Å². The summed E-state index contributed by atoms with van der Waals surface area (Å²) >= 11 is 0. The summed E-state index contributed by atoms with van der Waals surface area (Å²) in [5.74, 6) is 1.08. The van der Waals surface area contributed by atoms with Crippen molar-refractivity contribution < 1.29 is 23.9 Å². The first-order valence-corrected chi connectivity index (χ1v) is 19.5. The predicted molar refractivity (Wildman–Crippen MR) is 184 cm³/mol. The molecular weight excluding hydrogens is 582 g/mol. The van der Waals surface area contributed by atoms with Gasteiger partial charge in [0, 0.05) is 50.9 Å². The Morgan fingerprint density at radius 2 is 1.69 bits per heavy atom. The highest BCUT2D eigenvalue weighted by atomic mass is 28.4. The number of hydrogen-bond acceptors (Lipinski definition) is 5. The van der Waals surface area contributed by atoms with E-state index < -0.39 is 14.4 Å². The molecule has 4 rings (SSSR count). The molecule has 1 atom stereocenters. The highest BCUT2D eigenvalue weighted by molar-refractivity contribution is 6.74. The predicted octanol–water partition coefficient (Wildman–Crippen LogP) is 7.61. The first-order chi connectivity index (χ1) is 21.1. The molecule has 9 heteroatoms. The second-order valence-corrected chi connectivity index (χ2v) is 19.6. The fourth-order valence-electron chi connectivity index (χ4n) is 6.12. The SMILES string of the molecule is Cc1cc(N(C)C(=O)[C@H]2CC[C@H](Oc3cc(CO[Si](C)(C)C(C)(C)C)ccc3C)CC2)ccc1CN1CCN(C(=O)O)[C@@H](C)C1. The summed E-state index contributed by atoms with van der Waals surface area (Å²) in [5.41, 5.74) is 5.53. The van der Waals surface area contributed by atoms with Crippen LogP contribution in [-0.2, 0) is 22.4 Å². The normalized spacial score (nSPS) is 21.4. The van der Waals surface area contributed by atoms with Gasteiger partial charge in [-0.25, -0.2) is 4.79 Å². The number of anilines is 1. The highest BCUT2D eigenvalue weighted by Crippen LogP contribution is 2.37. The van der Waals surface area contributed by atoms with Gasteiger partial charge >= 0.3 is 6.09 Å². The Kier molecular flexibility index (Phi) is 11.1. The molecule has 1 aliphatic heterocycles. The van der Waals surface area contributed by atoms with Gasteiger partial charge in [-0.15, -0.1) is 0 Å². The molecule has 8 nitrogen and oxygen atoms in total. The van der Waals surface area contributed by atoms with Crippen LogP contribution in [0.2, 0.25) is 18.1 Å². The molecule has 2 fully saturated rings. The van der Waals surface area contributed by atoms with E-state index in [1.807, 2.05) is 24.9 Å². The molecule has 0 bridgehead atoms. The minimum absolute atomic E-state index is 0.00716. The lowest BCUT2D eigenvalue weighted by Crippen LogP contribution is -2.53. The number of rotatable bonds is 9. The number of carbonyl (C=O) groups excluding carboxylic acids is 1. The molecule has 2 amide bonds. The molecule has 1 aliphatic carbocycles. The number of nitrogens with zero attached hydrogens (tertiary/aromatic N) is 3. The van der Waals surface area contributed by atoms with Gasteiger partial charge in [0.2, 0.25) is 5.91 Å². The largest absolute Gasteiger partial charge is 0.490 e. The fraction of sp³-hybridized carbons (Fsp3) is 0.611. The van der Waals surface area contributed by atoms with Crippen LogP contribution in [0.25, 0.3) is 0 Å². The van der Waals surface area contributed by atoms with E-state index in [1.165, 1.54) is 10.5 Å². The minimum Gasteiger partial charge on any atom is -0.490 e. The monoisotopic (exact) mass is 637 g/mol. The molecule has 1 saturated heterocycles. The zero-order valence-electron chi connectivity index (χ0n) is 29.0. The Morgan fingerprint density at radius 3 is 2.29 bits per heavy atom. The third-order valence-corrected chi connectivity index (χ3v) is 14.8. The first kappa shape index (κ1) is 35.0. The quantitative estimate of drug-likeness (QED) is 0.285. The van der Waals surface area contributed by atoms with Crippen molar-refractivity contribution in [2.45, 2.75) is 111 Å². The summed E-state index contributed by atoms with van der Waals surface area (Å²) in [6.07, 6.45) is 2.62. The smallest absolute Gasteiger partial charge is 0.407 e. The lowest BCUT2D eigenvalue weighted by molar-refractivity contribution is -0.123. The number of amides is 2. The lowest BCUT2D eigenvalue weighted by atomic mass is 9.86. The molecule has 0 spiro atoms. The van der Waals surface area contributed by atoms with E-state index in [-0.39, 0.29) is 29.0 Å². The summed E-state index contributed by atoms with van der Waals surface area (Å²) < 4.78 is 13.0. The zero-order chi connectivity index (χ0) is 33.1. The molecule has 248 valence electrons. The van der Waals surface area contributed by atoms with Gasteiger partial charge in [-0.1, -0.05) is 39.0 Å². The maximum atomic E-state index is 13.5. The van der Waals surface area contributed by atoms with Crippen LogP contribution < -0.4 is 9.64 Å². The standard InChI is InChI=1S/C36H55N3O5Si/c1-25-10-11-28(24-43-45(8,9)36(4,5)6)21-33(25)44-32-16-13-29(14-17-32)34(40)37(7)31-15-12-30(26(2)20-31)23-38-18-19-39(35(41)42)27(3)22-38/h10-12,15,20-21,27,29,32H,13-14,16-19,22-24H2,1-9H3,(H,41,42)/t27-,29-,32-/m0/s1. The van der Waals surface area contributed by atoms with E-state index in [4.69, 9.17) is 9.16 Å². The second kappa shape index (κ2) is 14.3. The minimum atomic E-state index is -1.83. The van der Waals surface area contributed by atoms with Gasteiger partial charge in [-0.3, -0.25) is 9.69 Å². The van der Waals surface area contributed by atoms with Gasteiger partial charge in [0.25, 0.3) is 0 Å². The topological polar surface area (TPSA) is 82.6 Å². The molecule has 45 heavy (non-hydrogen) atoms. The number of aryl methyl sites for hydroxylation is 2. The fourth-order valence-corrected chi connectivity index (χ4v) is 7.08. The van der Waals surface area contributed by atoms with Crippen LogP contribution in [0.3, 0.4) is 0 Å². The van der Waals surface area contributed by atoms with Crippen molar-refractivity contribution in [3.05, 3.63) is 58.7 Å². The van der Waals surface area contributed by atoms with Crippen LogP contribution in [0.5, 0.6) is 5.75 Å². The summed E-state index contributed by atoms with van der Waals surface area (Å²) in [7, 11) is 0.0487. The van der Waals surface area contributed by atoms with Gasteiger partial charge in [0.05, 0.1) is 12.7 Å². The number of piperazine rings is 1. The Morgan fingerprint density at radius 1 is 1.00 bits per heavy atom. The number of ether oxygens (including phenoxy) is 1. The first-order valence-electron chi connectivity index (χ1n) is 16.5. The van der Waals surface area contributed by atoms with E-state index >= 15 is 0 Å². The summed E-state index contributed by atoms with van der Waals surface area (Å²) in [6, 6.07) is 12.6. The number of benzene rings is 2. The van der Waals surface area contributed by atoms with E-state index in [1.54, 1.807) is 0 Å². The van der Waals surface area contributed by atoms with E-state index in [9.17, 15) is 14.7 Å². The highest BCUT2D eigenvalue weighted by Gasteiger charge is 2.37. The lowest BCUT2D eigenvalue weighted by Gasteiger charge is -2.38. The number of carboxylic acid groups (broad SMARTS) is 1. The van der Waals surface area contributed by atoms with Crippen LogP contribution in [0.4, 0.5) is 10.5 Å². The zero-order valence-corrected chi connectivity index (χ0v) is 30.0. The van der Waals surface area contributed by atoms with Crippen LogP contribution in [0.1, 0.15) is 75.6 Å².